The third-order valence-corrected chi connectivity index (χ3v) is 2.72. The van der Waals surface area contributed by atoms with Gasteiger partial charge in [0.1, 0.15) is 5.82 Å². The average Bonchev–Trinajstić information content (AvgIpc) is 2.12. The molecule has 1 nitrogen and oxygen atoms in total. The van der Waals surface area contributed by atoms with Crippen molar-refractivity contribution in [2.75, 3.05) is 5.33 Å². The fourth-order valence-corrected chi connectivity index (χ4v) is 1.43. The third-order valence-electron chi connectivity index (χ3n) is 1.43. The van der Waals surface area contributed by atoms with Crippen molar-refractivity contribution >= 4 is 44.9 Å². The highest BCUT2D eigenvalue weighted by Crippen LogP contribution is 2.26. The fraction of sp³-hybridized carbons (Fsp3) is 0.125. The maximum Gasteiger partial charge on any atom is 0.173 e. The molecule has 0 amide bonds. The second-order valence-corrected chi connectivity index (χ2v) is 3.66. The van der Waals surface area contributed by atoms with Gasteiger partial charge in [0.05, 0.1) is 15.4 Å². The maximum absolute atomic E-state index is 13.0. The minimum Gasteiger partial charge on any atom is -0.293 e. The number of carbonyl (C=O) groups excluding carboxylic acids is 1. The normalized spacial score (nSPS) is 10.2. The van der Waals surface area contributed by atoms with Crippen molar-refractivity contribution in [3.05, 3.63) is 33.6 Å². The van der Waals surface area contributed by atoms with Crippen LogP contribution >= 0.6 is 39.1 Å². The van der Waals surface area contributed by atoms with Gasteiger partial charge in [-0.2, -0.15) is 0 Å². The van der Waals surface area contributed by atoms with Crippen LogP contribution in [0.3, 0.4) is 0 Å². The zero-order valence-corrected chi connectivity index (χ0v) is 9.38. The minimum atomic E-state index is -0.682. The molecule has 0 bridgehead atoms. The quantitative estimate of drug-likeness (QED) is 0.460. The van der Waals surface area contributed by atoms with E-state index in [2.05, 4.69) is 15.9 Å². The molecule has 0 heterocycles. The predicted octanol–water partition coefficient (Wildman–Crippen LogP) is 3.71. The van der Waals surface area contributed by atoms with Crippen LogP contribution in [0.5, 0.6) is 0 Å². The van der Waals surface area contributed by atoms with Crippen LogP contribution < -0.4 is 0 Å². The summed E-state index contributed by atoms with van der Waals surface area (Å²) in [6.07, 6.45) is 0. The van der Waals surface area contributed by atoms with Gasteiger partial charge in [-0.3, -0.25) is 4.79 Å². The Kier molecular flexibility index (Phi) is 3.71. The zero-order valence-electron chi connectivity index (χ0n) is 6.28. The monoisotopic (exact) mass is 284 g/mol. The molecule has 0 aromatic heterocycles. The second kappa shape index (κ2) is 4.40. The van der Waals surface area contributed by atoms with Gasteiger partial charge in [-0.1, -0.05) is 39.1 Å². The van der Waals surface area contributed by atoms with Crippen molar-refractivity contribution in [3.8, 4) is 0 Å². The molecule has 0 N–H and O–H groups in total. The lowest BCUT2D eigenvalue weighted by molar-refractivity contribution is 0.102. The van der Waals surface area contributed by atoms with E-state index in [-0.39, 0.29) is 26.7 Å². The van der Waals surface area contributed by atoms with E-state index in [9.17, 15) is 9.18 Å². The van der Waals surface area contributed by atoms with Crippen LogP contribution in [0.2, 0.25) is 10.0 Å². The summed E-state index contributed by atoms with van der Waals surface area (Å²) in [6, 6.07) is 2.41. The van der Waals surface area contributed by atoms with Gasteiger partial charge >= 0.3 is 0 Å². The summed E-state index contributed by atoms with van der Waals surface area (Å²) in [4.78, 5) is 11.1. The van der Waals surface area contributed by atoms with Gasteiger partial charge < -0.3 is 0 Å². The Labute approximate surface area is 93.0 Å². The highest BCUT2D eigenvalue weighted by atomic mass is 79.9. The summed E-state index contributed by atoms with van der Waals surface area (Å²) in [7, 11) is 0. The molecule has 0 atom stereocenters. The topological polar surface area (TPSA) is 17.1 Å². The average molecular weight is 286 g/mol. The summed E-state index contributed by atoms with van der Waals surface area (Å²) in [5.41, 5.74) is 0.212. The van der Waals surface area contributed by atoms with Crippen molar-refractivity contribution in [2.45, 2.75) is 0 Å². The van der Waals surface area contributed by atoms with Crippen molar-refractivity contribution in [3.63, 3.8) is 0 Å². The van der Waals surface area contributed by atoms with Crippen LogP contribution in [0, 0.1) is 5.82 Å². The minimum absolute atomic E-state index is 0.0472. The lowest BCUT2D eigenvalue weighted by Gasteiger charge is -2.01. The first-order valence-electron chi connectivity index (χ1n) is 3.30. The van der Waals surface area contributed by atoms with E-state index in [1.807, 2.05) is 0 Å². The molecule has 5 heteroatoms. The molecule has 0 aliphatic rings. The maximum atomic E-state index is 13.0. The van der Waals surface area contributed by atoms with Gasteiger partial charge in [0.15, 0.2) is 5.78 Å². The highest BCUT2D eigenvalue weighted by molar-refractivity contribution is 9.09. The number of hydrogen-bond donors (Lipinski definition) is 0. The molecule has 0 fully saturated rings. The molecule has 0 aliphatic heterocycles. The van der Waals surface area contributed by atoms with Crippen molar-refractivity contribution < 1.29 is 9.18 Å². The number of halogens is 4. The highest BCUT2D eigenvalue weighted by Gasteiger charge is 2.11. The Morgan fingerprint density at radius 3 is 2.54 bits per heavy atom. The molecule has 0 saturated carbocycles. The van der Waals surface area contributed by atoms with Crippen LogP contribution in [0.25, 0.3) is 0 Å². The van der Waals surface area contributed by atoms with Crippen LogP contribution in [0.15, 0.2) is 12.1 Å². The standard InChI is InChI=1S/C8H4BrCl2FO/c9-3-7(13)4-1-5(10)8(11)6(12)2-4/h1-2H,3H2. The van der Waals surface area contributed by atoms with Crippen LogP contribution in [0.1, 0.15) is 10.4 Å². The molecule has 0 aliphatic carbocycles. The van der Waals surface area contributed by atoms with E-state index >= 15 is 0 Å². The Balaban J connectivity index is 3.20. The van der Waals surface area contributed by atoms with E-state index < -0.39 is 5.82 Å². The molecule has 1 rings (SSSR count). The zero-order chi connectivity index (χ0) is 10.0. The molecule has 70 valence electrons. The van der Waals surface area contributed by atoms with Gasteiger partial charge in [0.2, 0.25) is 0 Å². The fourth-order valence-electron chi connectivity index (χ4n) is 0.794. The number of carbonyl (C=O) groups is 1. The summed E-state index contributed by atoms with van der Waals surface area (Å²) in [5, 5.41) is 0.0171. The van der Waals surface area contributed by atoms with Crippen LogP contribution in [-0.2, 0) is 0 Å². The molecule has 0 saturated heterocycles. The Bertz CT molecular complexity index is 331. The first-order valence-corrected chi connectivity index (χ1v) is 5.17. The van der Waals surface area contributed by atoms with Crippen molar-refractivity contribution in [1.82, 2.24) is 0 Å². The molecule has 13 heavy (non-hydrogen) atoms. The summed E-state index contributed by atoms with van der Waals surface area (Å²) in [5.74, 6) is -0.920. The molecule has 1 aromatic carbocycles. The SMILES string of the molecule is O=C(CBr)c1cc(F)c(Cl)c(Cl)c1. The molecule has 0 unspecified atom stereocenters. The van der Waals surface area contributed by atoms with Crippen molar-refractivity contribution in [1.29, 1.82) is 0 Å². The largest absolute Gasteiger partial charge is 0.293 e. The Hall–Kier alpha value is -0.120. The number of Topliss-reactive ketones (excluding diaryl/α,β-unsaturated/α-hetero) is 1. The van der Waals surface area contributed by atoms with Crippen molar-refractivity contribution in [2.24, 2.45) is 0 Å². The van der Waals surface area contributed by atoms with Gasteiger partial charge in [-0.15, -0.1) is 0 Å². The van der Waals surface area contributed by atoms with Gasteiger partial charge in [-0.25, -0.2) is 4.39 Å². The number of benzene rings is 1. The summed E-state index contributed by atoms with van der Waals surface area (Å²) < 4.78 is 13.0. The summed E-state index contributed by atoms with van der Waals surface area (Å²) >= 11 is 14.0. The lowest BCUT2D eigenvalue weighted by Crippen LogP contribution is -2.00. The first kappa shape index (κ1) is 11.0. The van der Waals surface area contributed by atoms with E-state index in [4.69, 9.17) is 23.2 Å². The van der Waals surface area contributed by atoms with Crippen LogP contribution in [0.4, 0.5) is 4.39 Å². The molecular formula is C8H4BrCl2FO. The first-order chi connectivity index (χ1) is 6.06. The second-order valence-electron chi connectivity index (χ2n) is 2.31. The van der Waals surface area contributed by atoms with Crippen LogP contribution in [-0.4, -0.2) is 11.1 Å². The smallest absolute Gasteiger partial charge is 0.173 e. The number of hydrogen-bond acceptors (Lipinski definition) is 1. The van der Waals surface area contributed by atoms with E-state index in [0.29, 0.717) is 0 Å². The number of ketones is 1. The van der Waals surface area contributed by atoms with E-state index in [0.717, 1.165) is 6.07 Å². The van der Waals surface area contributed by atoms with E-state index in [1.54, 1.807) is 0 Å². The number of rotatable bonds is 2. The molecule has 0 radical (unpaired) electrons. The number of alkyl halides is 1. The Morgan fingerprint density at radius 2 is 2.08 bits per heavy atom. The van der Waals surface area contributed by atoms with Gasteiger partial charge in [0, 0.05) is 5.56 Å². The van der Waals surface area contributed by atoms with Gasteiger partial charge in [0.25, 0.3) is 0 Å². The summed E-state index contributed by atoms with van der Waals surface area (Å²) in [6.45, 7) is 0. The third kappa shape index (κ3) is 2.42. The molecular weight excluding hydrogens is 282 g/mol. The molecule has 1 aromatic rings. The Morgan fingerprint density at radius 1 is 1.46 bits per heavy atom. The van der Waals surface area contributed by atoms with Gasteiger partial charge in [-0.05, 0) is 12.1 Å². The predicted molar refractivity (Wildman–Crippen MR) is 54.5 cm³/mol. The van der Waals surface area contributed by atoms with E-state index in [1.165, 1.54) is 6.07 Å². The lowest BCUT2D eigenvalue weighted by atomic mass is 10.1. The molecule has 0 spiro atoms.